The zero-order valence-electron chi connectivity index (χ0n) is 34.8. The van der Waals surface area contributed by atoms with E-state index in [1.54, 1.807) is 0 Å². The van der Waals surface area contributed by atoms with E-state index >= 15 is 0 Å². The summed E-state index contributed by atoms with van der Waals surface area (Å²) in [6, 6.07) is 83.3. The quantitative estimate of drug-likeness (QED) is 0.152. The van der Waals surface area contributed by atoms with E-state index in [-0.39, 0.29) is 5.41 Å². The number of rotatable bonds is 6. The molecule has 12 rings (SSSR count). The molecule has 0 fully saturated rings. The molecule has 0 unspecified atom stereocenters. The molecule has 0 spiro atoms. The van der Waals surface area contributed by atoms with Crippen molar-refractivity contribution in [3.05, 3.63) is 236 Å². The lowest BCUT2D eigenvalue weighted by atomic mass is 9.82. The van der Waals surface area contributed by atoms with Crippen LogP contribution < -0.4 is 4.90 Å². The van der Waals surface area contributed by atoms with E-state index in [2.05, 4.69) is 243 Å². The van der Waals surface area contributed by atoms with Crippen LogP contribution in [0.2, 0.25) is 0 Å². The molecule has 1 heteroatoms. The fourth-order valence-electron chi connectivity index (χ4n) is 10.4. The van der Waals surface area contributed by atoms with Gasteiger partial charge in [0.05, 0.1) is 5.69 Å². The molecule has 292 valence electrons. The topological polar surface area (TPSA) is 3.24 Å². The number of hydrogen-bond acceptors (Lipinski definition) is 1. The molecule has 0 saturated carbocycles. The van der Waals surface area contributed by atoms with E-state index in [1.807, 2.05) is 0 Å². The van der Waals surface area contributed by atoms with Gasteiger partial charge in [0, 0.05) is 22.4 Å². The Kier molecular flexibility index (Phi) is 8.27. The molecule has 1 aliphatic carbocycles. The van der Waals surface area contributed by atoms with Gasteiger partial charge in [0.1, 0.15) is 0 Å². The Morgan fingerprint density at radius 1 is 0.306 bits per heavy atom. The predicted octanol–water partition coefficient (Wildman–Crippen LogP) is 17.1. The molecule has 0 atom stereocenters. The molecule has 0 N–H and O–H groups in total. The molecule has 0 heterocycles. The summed E-state index contributed by atoms with van der Waals surface area (Å²) in [5.74, 6) is 0. The normalized spacial score (nSPS) is 12.8. The third-order valence-electron chi connectivity index (χ3n) is 13.4. The number of benzene rings is 11. The first-order valence-electron chi connectivity index (χ1n) is 21.7. The molecule has 0 bridgehead atoms. The lowest BCUT2D eigenvalue weighted by Gasteiger charge is -2.31. The number of hydrogen-bond donors (Lipinski definition) is 0. The van der Waals surface area contributed by atoms with Crippen molar-refractivity contribution in [1.29, 1.82) is 0 Å². The van der Waals surface area contributed by atoms with Crippen LogP contribution in [0.25, 0.3) is 87.6 Å². The van der Waals surface area contributed by atoms with Crippen LogP contribution in [-0.2, 0) is 5.41 Å². The zero-order valence-corrected chi connectivity index (χ0v) is 34.8. The molecular formula is C61H43N. The second-order valence-corrected chi connectivity index (χ2v) is 17.3. The average Bonchev–Trinajstić information content (AvgIpc) is 3.56. The van der Waals surface area contributed by atoms with Gasteiger partial charge in [-0.15, -0.1) is 0 Å². The van der Waals surface area contributed by atoms with E-state index in [1.165, 1.54) is 98.7 Å². The Balaban J connectivity index is 1.15. The molecule has 11 aromatic carbocycles. The molecule has 0 saturated heterocycles. The Hall–Kier alpha value is -7.74. The van der Waals surface area contributed by atoms with E-state index in [9.17, 15) is 0 Å². The molecule has 0 aromatic heterocycles. The van der Waals surface area contributed by atoms with Crippen LogP contribution in [0.5, 0.6) is 0 Å². The van der Waals surface area contributed by atoms with Crippen molar-refractivity contribution >= 4 is 60.2 Å². The van der Waals surface area contributed by atoms with Crippen LogP contribution in [0.15, 0.2) is 224 Å². The van der Waals surface area contributed by atoms with Gasteiger partial charge in [-0.1, -0.05) is 196 Å². The van der Waals surface area contributed by atoms with Crippen molar-refractivity contribution in [3.8, 4) is 44.5 Å². The summed E-state index contributed by atoms with van der Waals surface area (Å²) in [7, 11) is 0. The molecule has 0 radical (unpaired) electrons. The van der Waals surface area contributed by atoms with Crippen molar-refractivity contribution in [2.75, 3.05) is 4.90 Å². The van der Waals surface area contributed by atoms with Crippen molar-refractivity contribution in [2.45, 2.75) is 19.3 Å². The number of anilines is 3. The van der Waals surface area contributed by atoms with Gasteiger partial charge in [0.15, 0.2) is 0 Å². The lowest BCUT2D eigenvalue weighted by molar-refractivity contribution is 0.660. The second kappa shape index (κ2) is 14.2. The fraction of sp³-hybridized carbons (Fsp3) is 0.0492. The fourth-order valence-corrected chi connectivity index (χ4v) is 10.4. The van der Waals surface area contributed by atoms with Crippen LogP contribution in [0.4, 0.5) is 17.1 Å². The van der Waals surface area contributed by atoms with Crippen molar-refractivity contribution in [3.63, 3.8) is 0 Å². The van der Waals surface area contributed by atoms with Gasteiger partial charge in [0.25, 0.3) is 0 Å². The highest BCUT2D eigenvalue weighted by Crippen LogP contribution is 2.53. The van der Waals surface area contributed by atoms with Gasteiger partial charge in [-0.2, -0.15) is 0 Å². The van der Waals surface area contributed by atoms with Crippen molar-refractivity contribution in [1.82, 2.24) is 0 Å². The largest absolute Gasteiger partial charge is 0.310 e. The lowest BCUT2D eigenvalue weighted by Crippen LogP contribution is -2.17. The second-order valence-electron chi connectivity index (χ2n) is 17.3. The Labute approximate surface area is 362 Å². The maximum Gasteiger partial charge on any atom is 0.0546 e. The summed E-state index contributed by atoms with van der Waals surface area (Å²) in [6.45, 7) is 4.75. The summed E-state index contributed by atoms with van der Waals surface area (Å²) in [5.41, 5.74) is 15.8. The summed E-state index contributed by atoms with van der Waals surface area (Å²) in [4.78, 5) is 2.51. The van der Waals surface area contributed by atoms with Gasteiger partial charge in [0.2, 0.25) is 0 Å². The van der Waals surface area contributed by atoms with Gasteiger partial charge in [-0.25, -0.2) is 0 Å². The Morgan fingerprint density at radius 3 is 1.73 bits per heavy atom. The van der Waals surface area contributed by atoms with Crippen LogP contribution >= 0.6 is 0 Å². The maximum absolute atomic E-state index is 2.51. The first-order valence-corrected chi connectivity index (χ1v) is 21.7. The predicted molar refractivity (Wildman–Crippen MR) is 265 cm³/mol. The highest BCUT2D eigenvalue weighted by Gasteiger charge is 2.36. The molecule has 11 aromatic rings. The molecule has 1 nitrogen and oxygen atoms in total. The van der Waals surface area contributed by atoms with Crippen molar-refractivity contribution < 1.29 is 0 Å². The summed E-state index contributed by atoms with van der Waals surface area (Å²) in [5, 5.41) is 9.93. The molecule has 62 heavy (non-hydrogen) atoms. The third-order valence-corrected chi connectivity index (χ3v) is 13.4. The van der Waals surface area contributed by atoms with Crippen molar-refractivity contribution in [2.24, 2.45) is 0 Å². The molecule has 0 aliphatic heterocycles. The van der Waals surface area contributed by atoms with Crippen LogP contribution in [0, 0.1) is 0 Å². The van der Waals surface area contributed by atoms with Gasteiger partial charge in [-0.05, 0) is 136 Å². The third kappa shape index (κ3) is 5.70. The summed E-state index contributed by atoms with van der Waals surface area (Å²) in [6.07, 6.45) is 0. The highest BCUT2D eigenvalue weighted by atomic mass is 15.1. The number of fused-ring (bicyclic) bond motifs is 8. The molecular weight excluding hydrogens is 747 g/mol. The first kappa shape index (κ1) is 36.1. The minimum atomic E-state index is -0.157. The van der Waals surface area contributed by atoms with Crippen LogP contribution in [0.3, 0.4) is 0 Å². The molecule has 0 amide bonds. The van der Waals surface area contributed by atoms with E-state index in [0.717, 1.165) is 17.1 Å². The van der Waals surface area contributed by atoms with Crippen LogP contribution in [0.1, 0.15) is 25.0 Å². The van der Waals surface area contributed by atoms with E-state index < -0.39 is 0 Å². The highest BCUT2D eigenvalue weighted by molar-refractivity contribution is 6.17. The van der Waals surface area contributed by atoms with Gasteiger partial charge < -0.3 is 4.90 Å². The SMILES string of the molecule is CC1(C)c2ccccc2-c2ccc(N(c3ccc(-c4ccc5ccccc5c4)cc3)c3cccc(-c4cccc5ccccc45)c3-c3cc4ccccc4c4ccccc34)cc21. The zero-order chi connectivity index (χ0) is 41.4. The standard InChI is InChI=1S/C61H43N/c1-61(2)57-27-12-11-24-53(57)54-36-35-47(39-58(54)61)62(46-33-31-41(32-34-46)44-30-29-40-15-3-4-17-43(40)37-44)59-28-14-26-55(51-25-13-19-42-16-5-7-20-48(42)51)60(59)56-38-45-18-6-8-21-49(45)50-22-9-10-23-52(50)56/h3-39H,1-2H3. The van der Waals surface area contributed by atoms with E-state index in [0.29, 0.717) is 0 Å². The summed E-state index contributed by atoms with van der Waals surface area (Å²) >= 11 is 0. The average molecular weight is 790 g/mol. The minimum absolute atomic E-state index is 0.157. The Morgan fingerprint density at radius 2 is 0.887 bits per heavy atom. The summed E-state index contributed by atoms with van der Waals surface area (Å²) < 4.78 is 0. The minimum Gasteiger partial charge on any atom is -0.310 e. The van der Waals surface area contributed by atoms with Gasteiger partial charge in [-0.3, -0.25) is 0 Å². The molecule has 1 aliphatic rings. The van der Waals surface area contributed by atoms with Crippen LogP contribution in [-0.4, -0.2) is 0 Å². The monoisotopic (exact) mass is 789 g/mol. The van der Waals surface area contributed by atoms with Gasteiger partial charge >= 0.3 is 0 Å². The smallest absolute Gasteiger partial charge is 0.0546 e. The maximum atomic E-state index is 2.51. The number of nitrogens with zero attached hydrogens (tertiary/aromatic N) is 1. The van der Waals surface area contributed by atoms with E-state index in [4.69, 9.17) is 0 Å². The first-order chi connectivity index (χ1) is 30.5. The Bertz CT molecular complexity index is 3550.